The van der Waals surface area contributed by atoms with Crippen LogP contribution in [0.15, 0.2) is 27.8 Å². The third-order valence-electron chi connectivity index (χ3n) is 5.82. The molecule has 0 aliphatic carbocycles. The number of nitrogens with zero attached hydrogens (tertiary/aromatic N) is 3. The first kappa shape index (κ1) is 25.6. The fourth-order valence-corrected chi connectivity index (χ4v) is 4.33. The minimum absolute atomic E-state index is 0.0294. The van der Waals surface area contributed by atoms with Gasteiger partial charge in [0.25, 0.3) is 5.56 Å². The molecule has 0 fully saturated rings. The van der Waals surface area contributed by atoms with Gasteiger partial charge in [-0.3, -0.25) is 24.0 Å². The number of anilines is 2. The van der Waals surface area contributed by atoms with Crippen LogP contribution in [0, 0.1) is 11.8 Å². The molecular formula is C25H37N5O4. The molecule has 1 aromatic carbocycles. The van der Waals surface area contributed by atoms with E-state index in [1.165, 1.54) is 15.0 Å². The fourth-order valence-electron chi connectivity index (χ4n) is 4.33. The normalized spacial score (nSPS) is 13.9. The second kappa shape index (κ2) is 10.9. The molecule has 0 saturated carbocycles. The van der Waals surface area contributed by atoms with Crippen LogP contribution in [0.3, 0.4) is 0 Å². The predicted molar refractivity (Wildman–Crippen MR) is 134 cm³/mol. The maximum Gasteiger partial charge on any atom is 0.330 e. The van der Waals surface area contributed by atoms with E-state index in [1.54, 1.807) is 0 Å². The van der Waals surface area contributed by atoms with Gasteiger partial charge in [-0.2, -0.15) is 0 Å². The summed E-state index contributed by atoms with van der Waals surface area (Å²) in [5, 5.41) is 0. The summed E-state index contributed by atoms with van der Waals surface area (Å²) in [5.74, 6) is 0.876. The van der Waals surface area contributed by atoms with E-state index >= 15 is 0 Å². The first-order valence-corrected chi connectivity index (χ1v) is 12.0. The number of nitrogen functional groups attached to an aromatic ring is 1. The van der Waals surface area contributed by atoms with E-state index < -0.39 is 11.2 Å². The summed E-state index contributed by atoms with van der Waals surface area (Å²) >= 11 is 0. The zero-order chi connectivity index (χ0) is 25.0. The van der Waals surface area contributed by atoms with Gasteiger partial charge in [-0.25, -0.2) is 4.79 Å². The van der Waals surface area contributed by atoms with Crippen LogP contribution in [0.1, 0.15) is 45.7 Å². The summed E-state index contributed by atoms with van der Waals surface area (Å²) < 4.78 is 6.97. The summed E-state index contributed by atoms with van der Waals surface area (Å²) in [6.45, 7) is 12.6. The smallest absolute Gasteiger partial charge is 0.330 e. The summed E-state index contributed by atoms with van der Waals surface area (Å²) in [6, 6.07) is 6.10. The third-order valence-corrected chi connectivity index (χ3v) is 5.82. The molecule has 0 bridgehead atoms. The number of benzene rings is 1. The van der Waals surface area contributed by atoms with Gasteiger partial charge in [0.2, 0.25) is 5.91 Å². The molecule has 0 radical (unpaired) electrons. The highest BCUT2D eigenvalue weighted by Gasteiger charge is 2.28. The van der Waals surface area contributed by atoms with Crippen molar-refractivity contribution in [2.45, 2.75) is 54.1 Å². The Labute approximate surface area is 200 Å². The molecule has 2 aromatic rings. The number of carbonyl (C=O) groups excluding carboxylic acids is 1. The van der Waals surface area contributed by atoms with Crippen LogP contribution in [-0.4, -0.2) is 46.6 Å². The minimum atomic E-state index is -0.637. The molecule has 0 saturated heterocycles. The number of aromatic amines is 1. The Bertz CT molecular complexity index is 1140. The molecule has 9 nitrogen and oxygen atoms in total. The van der Waals surface area contributed by atoms with Crippen LogP contribution in [-0.2, 0) is 24.3 Å². The van der Waals surface area contributed by atoms with E-state index in [9.17, 15) is 14.4 Å². The number of hydrogen-bond acceptors (Lipinski definition) is 6. The van der Waals surface area contributed by atoms with Crippen molar-refractivity contribution in [3.05, 3.63) is 50.2 Å². The first-order valence-electron chi connectivity index (χ1n) is 12.0. The van der Waals surface area contributed by atoms with E-state index in [-0.39, 0.29) is 35.8 Å². The van der Waals surface area contributed by atoms with Gasteiger partial charge in [0.05, 0.1) is 13.2 Å². The summed E-state index contributed by atoms with van der Waals surface area (Å²) in [4.78, 5) is 44.6. The van der Waals surface area contributed by atoms with Crippen molar-refractivity contribution >= 4 is 17.4 Å². The number of amides is 1. The van der Waals surface area contributed by atoms with Crippen LogP contribution < -0.4 is 26.6 Å². The second-order valence-corrected chi connectivity index (χ2v) is 9.72. The molecule has 3 rings (SSSR count). The van der Waals surface area contributed by atoms with Gasteiger partial charge in [-0.05, 0) is 48.4 Å². The number of hydrogen-bond donors (Lipinski definition) is 2. The van der Waals surface area contributed by atoms with Gasteiger partial charge in [0, 0.05) is 26.2 Å². The maximum atomic E-state index is 13.5. The van der Waals surface area contributed by atoms with Crippen molar-refractivity contribution in [3.8, 4) is 5.75 Å². The molecule has 34 heavy (non-hydrogen) atoms. The van der Waals surface area contributed by atoms with Crippen LogP contribution in [0.25, 0.3) is 0 Å². The summed E-state index contributed by atoms with van der Waals surface area (Å²) in [5.41, 5.74) is 7.56. The first-order chi connectivity index (χ1) is 16.1. The minimum Gasteiger partial charge on any atom is -0.494 e. The number of H-pyrrole nitrogens is 1. The number of rotatable bonds is 9. The Kier molecular flexibility index (Phi) is 8.19. The Balaban J connectivity index is 1.88. The Morgan fingerprint density at radius 3 is 2.56 bits per heavy atom. The number of aromatic nitrogens is 2. The number of nitrogens with one attached hydrogen (secondary N) is 1. The lowest BCUT2D eigenvalue weighted by atomic mass is 9.99. The predicted octanol–water partition coefficient (Wildman–Crippen LogP) is 2.22. The highest BCUT2D eigenvalue weighted by atomic mass is 16.5. The number of ether oxygens (including phenoxy) is 1. The average molecular weight is 472 g/mol. The highest BCUT2D eigenvalue weighted by molar-refractivity contribution is 5.96. The molecule has 1 aliphatic heterocycles. The number of nitrogens with two attached hydrogens (primary N) is 1. The largest absolute Gasteiger partial charge is 0.494 e. The van der Waals surface area contributed by atoms with E-state index in [2.05, 4.69) is 16.0 Å². The second-order valence-electron chi connectivity index (χ2n) is 9.72. The van der Waals surface area contributed by atoms with E-state index in [0.29, 0.717) is 26.2 Å². The monoisotopic (exact) mass is 471 g/mol. The van der Waals surface area contributed by atoms with Crippen molar-refractivity contribution in [3.63, 3.8) is 0 Å². The Morgan fingerprint density at radius 1 is 1.18 bits per heavy atom. The molecule has 1 aromatic heterocycles. The van der Waals surface area contributed by atoms with Crippen molar-refractivity contribution in [1.29, 1.82) is 0 Å². The van der Waals surface area contributed by atoms with Crippen LogP contribution in [0.2, 0.25) is 0 Å². The van der Waals surface area contributed by atoms with Crippen molar-refractivity contribution in [2.24, 2.45) is 11.8 Å². The maximum absolute atomic E-state index is 13.5. The van der Waals surface area contributed by atoms with Crippen LogP contribution in [0.5, 0.6) is 5.75 Å². The van der Waals surface area contributed by atoms with Crippen molar-refractivity contribution in [1.82, 2.24) is 14.5 Å². The summed E-state index contributed by atoms with van der Waals surface area (Å²) in [6.07, 6.45) is 0.835. The molecule has 3 N–H and O–H groups in total. The van der Waals surface area contributed by atoms with Gasteiger partial charge in [-0.15, -0.1) is 0 Å². The van der Waals surface area contributed by atoms with Crippen molar-refractivity contribution < 1.29 is 9.53 Å². The fraction of sp³-hybridized carbons (Fsp3) is 0.560. The molecule has 0 spiro atoms. The van der Waals surface area contributed by atoms with Crippen LogP contribution >= 0.6 is 0 Å². The molecule has 0 atom stereocenters. The molecule has 2 heterocycles. The molecular weight excluding hydrogens is 434 g/mol. The molecule has 1 aliphatic rings. The zero-order valence-electron chi connectivity index (χ0n) is 20.9. The molecule has 0 unspecified atom stereocenters. The Morgan fingerprint density at radius 2 is 1.91 bits per heavy atom. The van der Waals surface area contributed by atoms with Gasteiger partial charge in [-0.1, -0.05) is 33.8 Å². The molecule has 9 heteroatoms. The van der Waals surface area contributed by atoms with Gasteiger partial charge in [0.1, 0.15) is 11.6 Å². The Hall–Kier alpha value is -3.07. The lowest BCUT2D eigenvalue weighted by molar-refractivity contribution is -0.120. The van der Waals surface area contributed by atoms with E-state index in [1.807, 2.05) is 46.8 Å². The van der Waals surface area contributed by atoms with Crippen molar-refractivity contribution in [2.75, 3.05) is 36.9 Å². The topological polar surface area (TPSA) is 114 Å². The third kappa shape index (κ3) is 5.88. The van der Waals surface area contributed by atoms with E-state index in [4.69, 9.17) is 10.5 Å². The summed E-state index contributed by atoms with van der Waals surface area (Å²) in [7, 11) is 0. The average Bonchev–Trinajstić information content (AvgIpc) is 2.75. The zero-order valence-corrected chi connectivity index (χ0v) is 20.9. The lowest BCUT2D eigenvalue weighted by Crippen LogP contribution is -2.47. The SMILES string of the molecule is CCOc1ccc2c(c1)CN(CC(=O)N(CC(C)C)c1c(N)n(CC(C)C)c(=O)[nH]c1=O)CC2. The van der Waals surface area contributed by atoms with Gasteiger partial charge >= 0.3 is 5.69 Å². The lowest BCUT2D eigenvalue weighted by Gasteiger charge is -2.32. The number of carbonyl (C=O) groups is 1. The van der Waals surface area contributed by atoms with Crippen LogP contribution in [0.4, 0.5) is 11.5 Å². The quantitative estimate of drug-likeness (QED) is 0.580. The van der Waals surface area contributed by atoms with Gasteiger partial charge < -0.3 is 15.4 Å². The number of fused-ring (bicyclic) bond motifs is 1. The standard InChI is InChI=1S/C25H37N5O4/c1-6-34-20-8-7-18-9-10-28(14-19(18)11-20)15-21(31)29(12-16(2)3)22-23(26)30(13-17(4)5)25(33)27-24(22)32/h7-8,11,16-17H,6,9-10,12-15,26H2,1-5H3,(H,27,32,33). The molecule has 1 amide bonds. The van der Waals surface area contributed by atoms with E-state index in [0.717, 1.165) is 24.3 Å². The highest BCUT2D eigenvalue weighted by Crippen LogP contribution is 2.25. The van der Waals surface area contributed by atoms with Gasteiger partial charge in [0.15, 0.2) is 5.69 Å². The molecule has 186 valence electrons.